The fourth-order valence-corrected chi connectivity index (χ4v) is 2.66. The number of rotatable bonds is 3. The van der Waals surface area contributed by atoms with E-state index in [1.165, 1.54) is 25.4 Å². The van der Waals surface area contributed by atoms with Crippen molar-refractivity contribution < 1.29 is 14.7 Å². The van der Waals surface area contributed by atoms with Gasteiger partial charge in [0.25, 0.3) is 5.91 Å². The predicted octanol–water partition coefficient (Wildman–Crippen LogP) is 1.03. The fraction of sp³-hybridized carbons (Fsp3) is 0.333. The van der Waals surface area contributed by atoms with Crippen molar-refractivity contribution in [3.8, 4) is 5.75 Å². The lowest BCUT2D eigenvalue weighted by atomic mass is 10.2. The highest BCUT2D eigenvalue weighted by molar-refractivity contribution is 5.94. The van der Waals surface area contributed by atoms with Crippen LogP contribution in [0.25, 0.3) is 0 Å². The Morgan fingerprint density at radius 2 is 2.22 bits per heavy atom. The first-order valence-electron chi connectivity index (χ1n) is 7.29. The van der Waals surface area contributed by atoms with Gasteiger partial charge in [0.15, 0.2) is 5.82 Å². The SMILES string of the molecule is CC(=O)Nc1ccn([C@H]2CCN(C(=O)c3cncc(O)c3)C2)n1. The third kappa shape index (κ3) is 3.31. The van der Waals surface area contributed by atoms with Crippen LogP contribution in [0.5, 0.6) is 5.75 Å². The molecule has 2 aromatic heterocycles. The Balaban J connectivity index is 1.67. The van der Waals surface area contributed by atoms with Crippen LogP contribution in [0.4, 0.5) is 5.82 Å². The van der Waals surface area contributed by atoms with Gasteiger partial charge in [-0.2, -0.15) is 5.10 Å². The Hall–Kier alpha value is -2.90. The molecule has 3 heterocycles. The van der Waals surface area contributed by atoms with Gasteiger partial charge in [0.05, 0.1) is 17.8 Å². The molecule has 2 aromatic rings. The van der Waals surface area contributed by atoms with Gasteiger partial charge in [-0.05, 0) is 12.5 Å². The van der Waals surface area contributed by atoms with Gasteiger partial charge in [0.1, 0.15) is 5.75 Å². The lowest BCUT2D eigenvalue weighted by Gasteiger charge is -2.16. The molecule has 2 amide bonds. The van der Waals surface area contributed by atoms with E-state index in [1.807, 2.05) is 0 Å². The lowest BCUT2D eigenvalue weighted by Crippen LogP contribution is -2.29. The molecule has 0 saturated carbocycles. The number of nitrogens with zero attached hydrogens (tertiary/aromatic N) is 4. The van der Waals surface area contributed by atoms with Crippen LogP contribution in [0.1, 0.15) is 29.7 Å². The Labute approximate surface area is 132 Å². The second-order valence-corrected chi connectivity index (χ2v) is 5.49. The first-order chi connectivity index (χ1) is 11.0. The number of aromatic nitrogens is 3. The average molecular weight is 315 g/mol. The van der Waals surface area contributed by atoms with E-state index >= 15 is 0 Å². The Kier molecular flexibility index (Phi) is 3.96. The number of anilines is 1. The average Bonchev–Trinajstić information content (AvgIpc) is 3.14. The van der Waals surface area contributed by atoms with Crippen molar-refractivity contribution in [3.63, 3.8) is 0 Å². The maximum atomic E-state index is 12.4. The smallest absolute Gasteiger partial charge is 0.255 e. The Bertz CT molecular complexity index is 742. The summed E-state index contributed by atoms with van der Waals surface area (Å²) in [4.78, 5) is 29.0. The normalized spacial score (nSPS) is 17.3. The van der Waals surface area contributed by atoms with Gasteiger partial charge in [0.2, 0.25) is 5.91 Å². The highest BCUT2D eigenvalue weighted by Crippen LogP contribution is 2.24. The van der Waals surface area contributed by atoms with E-state index < -0.39 is 0 Å². The number of hydrogen-bond donors (Lipinski definition) is 2. The summed E-state index contributed by atoms with van der Waals surface area (Å²) in [5.41, 5.74) is 0.366. The number of aromatic hydroxyl groups is 1. The standard InChI is InChI=1S/C15H17N5O3/c1-10(21)17-14-3-5-20(18-14)12-2-4-19(9-12)15(23)11-6-13(22)8-16-7-11/h3,5-8,12,22H,2,4,9H2,1H3,(H,17,18,21)/t12-/m0/s1. The molecule has 23 heavy (non-hydrogen) atoms. The molecule has 1 fully saturated rings. The minimum absolute atomic E-state index is 0.0291. The lowest BCUT2D eigenvalue weighted by molar-refractivity contribution is -0.114. The number of nitrogens with one attached hydrogen (secondary N) is 1. The maximum Gasteiger partial charge on any atom is 0.255 e. The largest absolute Gasteiger partial charge is 0.506 e. The molecule has 0 aliphatic carbocycles. The zero-order valence-corrected chi connectivity index (χ0v) is 12.6. The van der Waals surface area contributed by atoms with Gasteiger partial charge in [-0.25, -0.2) is 0 Å². The van der Waals surface area contributed by atoms with E-state index in [9.17, 15) is 14.7 Å². The minimum Gasteiger partial charge on any atom is -0.506 e. The maximum absolute atomic E-state index is 12.4. The summed E-state index contributed by atoms with van der Waals surface area (Å²) in [6.45, 7) is 2.56. The van der Waals surface area contributed by atoms with Crippen molar-refractivity contribution in [1.82, 2.24) is 19.7 Å². The molecule has 120 valence electrons. The number of likely N-dealkylation sites (tertiary alicyclic amines) is 1. The third-order valence-corrected chi connectivity index (χ3v) is 3.71. The zero-order valence-electron chi connectivity index (χ0n) is 12.6. The second kappa shape index (κ2) is 6.07. The first kappa shape index (κ1) is 15.0. The molecule has 0 bridgehead atoms. The molecule has 8 heteroatoms. The molecule has 0 radical (unpaired) electrons. The van der Waals surface area contributed by atoms with E-state index in [1.54, 1.807) is 21.8 Å². The second-order valence-electron chi connectivity index (χ2n) is 5.49. The van der Waals surface area contributed by atoms with Crippen LogP contribution in [0.3, 0.4) is 0 Å². The van der Waals surface area contributed by atoms with Crippen LogP contribution in [0, 0.1) is 0 Å². The molecule has 0 unspecified atom stereocenters. The molecule has 1 atom stereocenters. The number of hydrogen-bond acceptors (Lipinski definition) is 5. The molecular weight excluding hydrogens is 298 g/mol. The highest BCUT2D eigenvalue weighted by Gasteiger charge is 2.28. The van der Waals surface area contributed by atoms with E-state index in [0.29, 0.717) is 24.5 Å². The predicted molar refractivity (Wildman–Crippen MR) is 82.0 cm³/mol. The van der Waals surface area contributed by atoms with Crippen LogP contribution in [0.15, 0.2) is 30.7 Å². The number of pyridine rings is 1. The van der Waals surface area contributed by atoms with E-state index in [0.717, 1.165) is 6.42 Å². The van der Waals surface area contributed by atoms with E-state index in [-0.39, 0.29) is 23.6 Å². The zero-order chi connectivity index (χ0) is 16.4. The minimum atomic E-state index is -0.171. The van der Waals surface area contributed by atoms with Gasteiger partial charge < -0.3 is 15.3 Å². The van der Waals surface area contributed by atoms with Crippen LogP contribution < -0.4 is 5.32 Å². The quantitative estimate of drug-likeness (QED) is 0.881. The van der Waals surface area contributed by atoms with Gasteiger partial charge in [-0.3, -0.25) is 19.3 Å². The van der Waals surface area contributed by atoms with Gasteiger partial charge in [-0.1, -0.05) is 0 Å². The van der Waals surface area contributed by atoms with Crippen LogP contribution >= 0.6 is 0 Å². The molecule has 1 aliphatic heterocycles. The summed E-state index contributed by atoms with van der Waals surface area (Å²) in [6.07, 6.45) is 5.30. The summed E-state index contributed by atoms with van der Waals surface area (Å²) in [5, 5.41) is 16.4. The summed E-state index contributed by atoms with van der Waals surface area (Å²) in [5.74, 6) is 0.137. The van der Waals surface area contributed by atoms with Crippen molar-refractivity contribution >= 4 is 17.6 Å². The number of carbonyl (C=O) groups excluding carboxylic acids is 2. The Morgan fingerprint density at radius 3 is 2.96 bits per heavy atom. The molecule has 2 N–H and O–H groups in total. The number of carbonyl (C=O) groups is 2. The van der Waals surface area contributed by atoms with Crippen molar-refractivity contribution in [3.05, 3.63) is 36.3 Å². The summed E-state index contributed by atoms with van der Waals surface area (Å²) in [6, 6.07) is 3.20. The topological polar surface area (TPSA) is 100 Å². The van der Waals surface area contributed by atoms with Crippen LogP contribution in [0.2, 0.25) is 0 Å². The van der Waals surface area contributed by atoms with Gasteiger partial charge in [0, 0.05) is 38.5 Å². The third-order valence-electron chi connectivity index (χ3n) is 3.71. The Morgan fingerprint density at radius 1 is 1.39 bits per heavy atom. The van der Waals surface area contributed by atoms with Gasteiger partial charge in [-0.15, -0.1) is 0 Å². The molecule has 0 aromatic carbocycles. The molecule has 0 spiro atoms. The van der Waals surface area contributed by atoms with E-state index in [4.69, 9.17) is 0 Å². The summed E-state index contributed by atoms with van der Waals surface area (Å²) >= 11 is 0. The van der Waals surface area contributed by atoms with Crippen molar-refractivity contribution in [2.45, 2.75) is 19.4 Å². The molecular formula is C15H17N5O3. The summed E-state index contributed by atoms with van der Waals surface area (Å²) in [7, 11) is 0. The van der Waals surface area contributed by atoms with Crippen molar-refractivity contribution in [2.75, 3.05) is 18.4 Å². The fourth-order valence-electron chi connectivity index (χ4n) is 2.66. The van der Waals surface area contributed by atoms with Crippen LogP contribution in [-0.4, -0.2) is 49.7 Å². The molecule has 1 saturated heterocycles. The molecule has 3 rings (SSSR count). The van der Waals surface area contributed by atoms with E-state index in [2.05, 4.69) is 15.4 Å². The van der Waals surface area contributed by atoms with Crippen molar-refractivity contribution in [2.24, 2.45) is 0 Å². The molecule has 1 aliphatic rings. The first-order valence-corrected chi connectivity index (χ1v) is 7.29. The van der Waals surface area contributed by atoms with Gasteiger partial charge >= 0.3 is 0 Å². The monoisotopic (exact) mass is 315 g/mol. The van der Waals surface area contributed by atoms with Crippen LogP contribution in [-0.2, 0) is 4.79 Å². The van der Waals surface area contributed by atoms with Crippen molar-refractivity contribution in [1.29, 1.82) is 0 Å². The summed E-state index contributed by atoms with van der Waals surface area (Å²) < 4.78 is 1.76. The number of amides is 2. The highest BCUT2D eigenvalue weighted by atomic mass is 16.3. The molecule has 8 nitrogen and oxygen atoms in total.